The highest BCUT2D eigenvalue weighted by Crippen LogP contribution is 2.30. The van der Waals surface area contributed by atoms with Gasteiger partial charge in [0.2, 0.25) is 5.91 Å². The third-order valence-electron chi connectivity index (χ3n) is 3.33. The Kier molecular flexibility index (Phi) is 5.35. The summed E-state index contributed by atoms with van der Waals surface area (Å²) >= 11 is 5.73. The zero-order valence-electron chi connectivity index (χ0n) is 12.0. The van der Waals surface area contributed by atoms with Crippen LogP contribution in [0.2, 0.25) is 5.02 Å². The van der Waals surface area contributed by atoms with Crippen LogP contribution in [0, 0.1) is 0 Å². The maximum Gasteiger partial charge on any atom is 0.391 e. The van der Waals surface area contributed by atoms with Gasteiger partial charge in [0, 0.05) is 18.1 Å². The Balaban J connectivity index is 2.12. The van der Waals surface area contributed by atoms with Crippen molar-refractivity contribution in [1.29, 1.82) is 0 Å². The number of piperazine rings is 1. The van der Waals surface area contributed by atoms with Gasteiger partial charge in [-0.15, -0.1) is 0 Å². The number of rotatable bonds is 3. The van der Waals surface area contributed by atoms with E-state index in [0.29, 0.717) is 10.6 Å². The van der Waals surface area contributed by atoms with Crippen LogP contribution in [-0.2, 0) is 4.79 Å². The number of nitrogens with one attached hydrogen (secondary N) is 2. The van der Waals surface area contributed by atoms with Gasteiger partial charge < -0.3 is 15.5 Å². The minimum atomic E-state index is -4.45. The van der Waals surface area contributed by atoms with Gasteiger partial charge in [0.15, 0.2) is 0 Å². The number of carbonyl (C=O) groups excluding carboxylic acids is 2. The zero-order chi connectivity index (χ0) is 17.0. The van der Waals surface area contributed by atoms with Crippen LogP contribution in [0.1, 0.15) is 18.0 Å². The minimum Gasteiger partial charge on any atom is -0.353 e. The summed E-state index contributed by atoms with van der Waals surface area (Å²) in [6.45, 7) is 0.346. The first-order valence-electron chi connectivity index (χ1n) is 6.89. The summed E-state index contributed by atoms with van der Waals surface area (Å²) in [6.07, 6.45) is -5.66. The Labute approximate surface area is 135 Å². The highest BCUT2D eigenvalue weighted by molar-refractivity contribution is 6.30. The van der Waals surface area contributed by atoms with Crippen molar-refractivity contribution >= 4 is 23.5 Å². The van der Waals surface area contributed by atoms with E-state index < -0.39 is 24.7 Å². The summed E-state index contributed by atoms with van der Waals surface area (Å²) in [4.78, 5) is 24.6. The lowest BCUT2D eigenvalue weighted by atomic mass is 10.0. The van der Waals surface area contributed by atoms with E-state index in [2.05, 4.69) is 10.6 Å². The number of urea groups is 1. The molecule has 1 aromatic rings. The molecule has 23 heavy (non-hydrogen) atoms. The Hall–Kier alpha value is -1.96. The second kappa shape index (κ2) is 7.08. The smallest absolute Gasteiger partial charge is 0.353 e. The molecule has 0 unspecified atom stereocenters. The fourth-order valence-corrected chi connectivity index (χ4v) is 2.36. The molecule has 3 amide bonds. The third-order valence-corrected chi connectivity index (χ3v) is 3.58. The van der Waals surface area contributed by atoms with Crippen molar-refractivity contribution in [3.63, 3.8) is 0 Å². The molecule has 0 saturated carbocycles. The number of nitrogens with zero attached hydrogens (tertiary/aromatic N) is 1. The van der Waals surface area contributed by atoms with Crippen LogP contribution in [-0.4, -0.2) is 42.6 Å². The van der Waals surface area contributed by atoms with Gasteiger partial charge in [-0.3, -0.25) is 4.79 Å². The largest absolute Gasteiger partial charge is 0.391 e. The van der Waals surface area contributed by atoms with Crippen LogP contribution in [0.3, 0.4) is 0 Å². The Morgan fingerprint density at radius 1 is 1.35 bits per heavy atom. The number of hydrogen-bond acceptors (Lipinski definition) is 2. The molecular formula is C14H15ClF3N3O2. The maximum absolute atomic E-state index is 12.8. The van der Waals surface area contributed by atoms with Crippen molar-refractivity contribution in [3.05, 3.63) is 34.9 Å². The van der Waals surface area contributed by atoms with E-state index in [4.69, 9.17) is 11.6 Å². The monoisotopic (exact) mass is 349 g/mol. The van der Waals surface area contributed by atoms with Gasteiger partial charge in [0.05, 0.1) is 12.5 Å². The summed E-state index contributed by atoms with van der Waals surface area (Å²) in [6, 6.07) is 3.83. The molecular weight excluding hydrogens is 335 g/mol. The van der Waals surface area contributed by atoms with Crippen molar-refractivity contribution < 1.29 is 22.8 Å². The van der Waals surface area contributed by atoms with Gasteiger partial charge in [-0.25, -0.2) is 4.79 Å². The topological polar surface area (TPSA) is 61.4 Å². The Morgan fingerprint density at radius 3 is 2.57 bits per heavy atom. The van der Waals surface area contributed by atoms with E-state index in [-0.39, 0.29) is 25.5 Å². The lowest BCUT2D eigenvalue weighted by Gasteiger charge is -2.29. The molecule has 0 bridgehead atoms. The molecule has 2 rings (SSSR count). The van der Waals surface area contributed by atoms with E-state index >= 15 is 0 Å². The first-order valence-corrected chi connectivity index (χ1v) is 7.27. The quantitative estimate of drug-likeness (QED) is 0.880. The van der Waals surface area contributed by atoms with Gasteiger partial charge >= 0.3 is 12.2 Å². The lowest BCUT2D eigenvalue weighted by Crippen LogP contribution is -2.53. The number of alkyl halides is 3. The molecule has 126 valence electrons. The molecule has 1 aliphatic rings. The predicted molar refractivity (Wildman–Crippen MR) is 78.0 cm³/mol. The molecule has 1 fully saturated rings. The fourth-order valence-electron chi connectivity index (χ4n) is 2.23. The molecule has 5 nitrogen and oxygen atoms in total. The fraction of sp³-hybridized carbons (Fsp3) is 0.429. The highest BCUT2D eigenvalue weighted by Gasteiger charge is 2.34. The second-order valence-electron chi connectivity index (χ2n) is 5.14. The number of hydrogen-bond donors (Lipinski definition) is 2. The molecule has 0 spiro atoms. The van der Waals surface area contributed by atoms with Crippen LogP contribution in [0.5, 0.6) is 0 Å². The van der Waals surface area contributed by atoms with Crippen LogP contribution < -0.4 is 10.6 Å². The molecule has 9 heteroatoms. The van der Waals surface area contributed by atoms with Crippen LogP contribution >= 0.6 is 11.6 Å². The molecule has 1 atom stereocenters. The number of halogens is 4. The maximum atomic E-state index is 12.8. The molecule has 1 heterocycles. The van der Waals surface area contributed by atoms with Crippen LogP contribution in [0.25, 0.3) is 0 Å². The zero-order valence-corrected chi connectivity index (χ0v) is 12.7. The molecule has 0 radical (unpaired) electrons. The van der Waals surface area contributed by atoms with Gasteiger partial charge in [-0.2, -0.15) is 13.2 Å². The predicted octanol–water partition coefficient (Wildman–Crippen LogP) is 2.47. The van der Waals surface area contributed by atoms with Crippen molar-refractivity contribution in [2.75, 3.05) is 19.6 Å². The third kappa shape index (κ3) is 5.31. The summed E-state index contributed by atoms with van der Waals surface area (Å²) in [5, 5.41) is 5.27. The first-order chi connectivity index (χ1) is 10.7. The minimum absolute atomic E-state index is 0.175. The standard InChI is InChI=1S/C14H15ClF3N3O2/c15-10-3-1-9(2-4-10)11(7-14(16,17)18)20-13(23)21-6-5-19-12(22)8-21/h1-4,11H,5-8H2,(H,19,22)(H,20,23)/t11-/m1/s1. The molecule has 1 aromatic carbocycles. The molecule has 0 aliphatic carbocycles. The Morgan fingerprint density at radius 2 is 2.00 bits per heavy atom. The first kappa shape index (κ1) is 17.4. The summed E-state index contributed by atoms with van der Waals surface area (Å²) < 4.78 is 38.3. The number of amides is 3. The van der Waals surface area contributed by atoms with Crippen molar-refractivity contribution in [3.8, 4) is 0 Å². The summed E-state index contributed by atoms with van der Waals surface area (Å²) in [5.74, 6) is -0.342. The normalized spacial score (nSPS) is 16.7. The molecule has 1 aliphatic heterocycles. The average molecular weight is 350 g/mol. The van der Waals surface area contributed by atoms with E-state index in [1.807, 2.05) is 0 Å². The van der Waals surface area contributed by atoms with E-state index in [0.717, 1.165) is 0 Å². The van der Waals surface area contributed by atoms with Gasteiger partial charge in [-0.05, 0) is 17.7 Å². The average Bonchev–Trinajstić information content (AvgIpc) is 2.46. The van der Waals surface area contributed by atoms with E-state index in [1.165, 1.54) is 29.2 Å². The molecule has 1 saturated heterocycles. The van der Waals surface area contributed by atoms with Gasteiger partial charge in [-0.1, -0.05) is 23.7 Å². The number of carbonyl (C=O) groups is 2. The van der Waals surface area contributed by atoms with Crippen molar-refractivity contribution in [2.45, 2.75) is 18.6 Å². The summed E-state index contributed by atoms with van der Waals surface area (Å²) in [5.41, 5.74) is 0.293. The van der Waals surface area contributed by atoms with Crippen molar-refractivity contribution in [1.82, 2.24) is 15.5 Å². The highest BCUT2D eigenvalue weighted by atomic mass is 35.5. The second-order valence-corrected chi connectivity index (χ2v) is 5.58. The van der Waals surface area contributed by atoms with Crippen LogP contribution in [0.15, 0.2) is 24.3 Å². The van der Waals surface area contributed by atoms with Crippen LogP contribution in [0.4, 0.5) is 18.0 Å². The number of benzene rings is 1. The summed E-state index contributed by atoms with van der Waals surface area (Å²) in [7, 11) is 0. The van der Waals surface area contributed by atoms with E-state index in [1.54, 1.807) is 0 Å². The van der Waals surface area contributed by atoms with Gasteiger partial charge in [0.25, 0.3) is 0 Å². The Bertz CT molecular complexity index is 578. The van der Waals surface area contributed by atoms with Gasteiger partial charge in [0.1, 0.15) is 6.54 Å². The van der Waals surface area contributed by atoms with Crippen molar-refractivity contribution in [2.24, 2.45) is 0 Å². The SMILES string of the molecule is O=C1CN(C(=O)N[C@H](CC(F)(F)F)c2ccc(Cl)cc2)CCN1. The molecule has 0 aromatic heterocycles. The van der Waals surface area contributed by atoms with E-state index in [9.17, 15) is 22.8 Å². The molecule has 2 N–H and O–H groups in total. The lowest BCUT2D eigenvalue weighted by molar-refractivity contribution is -0.140.